The van der Waals surface area contributed by atoms with E-state index in [1.807, 2.05) is 13.1 Å². The molecule has 1 aliphatic heterocycles. The molecule has 1 fully saturated rings. The number of aromatic nitrogens is 1. The van der Waals surface area contributed by atoms with E-state index >= 15 is 4.39 Å². The zero-order valence-corrected chi connectivity index (χ0v) is 17.0. The van der Waals surface area contributed by atoms with Crippen molar-refractivity contribution in [2.24, 2.45) is 0 Å². The topological polar surface area (TPSA) is 97.5 Å². The van der Waals surface area contributed by atoms with Crippen molar-refractivity contribution in [3.8, 4) is 0 Å². The summed E-state index contributed by atoms with van der Waals surface area (Å²) < 4.78 is 16.8. The first-order valence-electron chi connectivity index (χ1n) is 9.61. The third-order valence-corrected chi connectivity index (χ3v) is 5.77. The number of benzene rings is 1. The van der Waals surface area contributed by atoms with Crippen LogP contribution in [-0.4, -0.2) is 48.5 Å². The van der Waals surface area contributed by atoms with Gasteiger partial charge in [-0.05, 0) is 31.5 Å². The number of hydrogen-bond acceptors (Lipinski definition) is 6. The molecule has 1 saturated carbocycles. The Hall–Kier alpha value is -2.78. The van der Waals surface area contributed by atoms with E-state index in [-0.39, 0.29) is 27.7 Å². The minimum Gasteiger partial charge on any atom is -0.360 e. The highest BCUT2D eigenvalue weighted by Crippen LogP contribution is 2.42. The predicted octanol–water partition coefficient (Wildman–Crippen LogP) is 2.55. The molecule has 2 aliphatic rings. The monoisotopic (exact) mass is 434 g/mol. The van der Waals surface area contributed by atoms with Gasteiger partial charge in [-0.1, -0.05) is 17.7 Å². The van der Waals surface area contributed by atoms with Crippen LogP contribution in [0.15, 0.2) is 28.7 Å². The van der Waals surface area contributed by atoms with Crippen molar-refractivity contribution >= 4 is 34.0 Å². The molecule has 0 amide bonds. The fourth-order valence-electron chi connectivity index (χ4n) is 3.90. The van der Waals surface area contributed by atoms with E-state index in [1.54, 1.807) is 9.47 Å². The highest BCUT2D eigenvalue weighted by atomic mass is 35.5. The molecule has 0 unspecified atom stereocenters. The second-order valence-corrected chi connectivity index (χ2v) is 7.99. The predicted molar refractivity (Wildman–Crippen MR) is 112 cm³/mol. The number of rotatable bonds is 7. The number of likely N-dealkylation sites (N-methyl/N-ethyl adjacent to an activating group) is 1. The van der Waals surface area contributed by atoms with Crippen molar-refractivity contribution in [3.63, 3.8) is 0 Å². The lowest BCUT2D eigenvalue weighted by atomic mass is 10.1. The molecule has 0 bridgehead atoms. The van der Waals surface area contributed by atoms with Gasteiger partial charge in [-0.15, -0.1) is 0 Å². The fourth-order valence-corrected chi connectivity index (χ4v) is 4.31. The van der Waals surface area contributed by atoms with Gasteiger partial charge in [0.25, 0.3) is 6.54 Å². The highest BCUT2D eigenvalue weighted by molar-refractivity contribution is 6.38. The molecule has 1 aromatic heterocycles. The van der Waals surface area contributed by atoms with Crippen molar-refractivity contribution in [1.82, 2.24) is 9.88 Å². The van der Waals surface area contributed by atoms with Crippen LogP contribution in [-0.2, 0) is 0 Å². The summed E-state index contributed by atoms with van der Waals surface area (Å²) in [6.45, 7) is 0.688. The molecule has 30 heavy (non-hydrogen) atoms. The maximum absolute atomic E-state index is 15.1. The quantitative estimate of drug-likeness (QED) is 0.311. The smallest absolute Gasteiger partial charge is 0.266 e. The Morgan fingerprint density at radius 1 is 1.43 bits per heavy atom. The van der Waals surface area contributed by atoms with Gasteiger partial charge in [0.1, 0.15) is 5.82 Å². The van der Waals surface area contributed by atoms with Gasteiger partial charge < -0.3 is 14.8 Å². The standard InChI is InChI=1S/C20H20ClFN4O4/c1-23-7-11-4-5-24(8-11)19-15(22)6-13-18(17(19)21)25(12-2-3-12)9-14(20(13)28)16(27)10-26(29)30/h4,6,9,12,23H,2-3,5,7-8,10H2,1H3. The number of fused-ring (bicyclic) bond motifs is 1. The van der Waals surface area contributed by atoms with Gasteiger partial charge in [0.15, 0.2) is 0 Å². The maximum Gasteiger partial charge on any atom is 0.266 e. The summed E-state index contributed by atoms with van der Waals surface area (Å²) in [5.74, 6) is -1.56. The van der Waals surface area contributed by atoms with Crippen molar-refractivity contribution < 1.29 is 14.1 Å². The Kier molecular flexibility index (Phi) is 5.33. The first-order valence-corrected chi connectivity index (χ1v) is 9.99. The summed E-state index contributed by atoms with van der Waals surface area (Å²) in [5.41, 5.74) is 0.628. The molecule has 0 radical (unpaired) electrons. The molecule has 10 heteroatoms. The minimum absolute atomic E-state index is 0.0163. The van der Waals surface area contributed by atoms with Gasteiger partial charge in [-0.25, -0.2) is 4.39 Å². The molecule has 1 N–H and O–H groups in total. The van der Waals surface area contributed by atoms with Crippen LogP contribution in [0.4, 0.5) is 10.1 Å². The van der Waals surface area contributed by atoms with Gasteiger partial charge in [-0.2, -0.15) is 0 Å². The largest absolute Gasteiger partial charge is 0.360 e. The number of ketones is 1. The van der Waals surface area contributed by atoms with Gasteiger partial charge in [0, 0.05) is 36.8 Å². The molecular weight excluding hydrogens is 415 g/mol. The summed E-state index contributed by atoms with van der Waals surface area (Å²) in [7, 11) is 1.83. The van der Waals surface area contributed by atoms with E-state index in [0.29, 0.717) is 25.2 Å². The third-order valence-electron chi connectivity index (χ3n) is 5.41. The van der Waals surface area contributed by atoms with Crippen molar-refractivity contribution in [3.05, 3.63) is 60.7 Å². The summed E-state index contributed by atoms with van der Waals surface area (Å²) in [5, 5.41) is 13.9. The van der Waals surface area contributed by atoms with Crippen LogP contribution in [0, 0.1) is 15.9 Å². The Balaban J connectivity index is 1.87. The molecule has 8 nitrogen and oxygen atoms in total. The number of carbonyl (C=O) groups excluding carboxylic acids is 1. The number of anilines is 1. The third kappa shape index (κ3) is 3.59. The van der Waals surface area contributed by atoms with E-state index in [2.05, 4.69) is 5.32 Å². The van der Waals surface area contributed by atoms with E-state index in [9.17, 15) is 19.7 Å². The lowest BCUT2D eigenvalue weighted by Crippen LogP contribution is -2.26. The average Bonchev–Trinajstić information content (AvgIpc) is 3.42. The Morgan fingerprint density at radius 2 is 2.17 bits per heavy atom. The summed E-state index contributed by atoms with van der Waals surface area (Å²) in [6, 6.07) is 1.11. The highest BCUT2D eigenvalue weighted by Gasteiger charge is 2.31. The van der Waals surface area contributed by atoms with E-state index in [0.717, 1.165) is 24.5 Å². The fraction of sp³-hybridized carbons (Fsp3) is 0.400. The van der Waals surface area contributed by atoms with Gasteiger partial charge >= 0.3 is 0 Å². The number of nitrogens with zero attached hydrogens (tertiary/aromatic N) is 3. The minimum atomic E-state index is -0.993. The van der Waals surface area contributed by atoms with Crippen LogP contribution >= 0.6 is 11.6 Å². The van der Waals surface area contributed by atoms with Crippen LogP contribution in [0.3, 0.4) is 0 Å². The number of halogens is 2. The van der Waals surface area contributed by atoms with Crippen LogP contribution in [0.1, 0.15) is 29.2 Å². The lowest BCUT2D eigenvalue weighted by molar-refractivity contribution is -0.465. The number of nitro groups is 1. The molecular formula is C20H20ClFN4O4. The van der Waals surface area contributed by atoms with Crippen LogP contribution in [0.5, 0.6) is 0 Å². The zero-order valence-electron chi connectivity index (χ0n) is 16.3. The summed E-state index contributed by atoms with van der Waals surface area (Å²) in [4.78, 5) is 36.9. The second kappa shape index (κ2) is 7.81. The number of carbonyl (C=O) groups is 1. The van der Waals surface area contributed by atoms with Gasteiger partial charge in [0.05, 0.1) is 27.2 Å². The Bertz CT molecular complexity index is 1160. The number of Topliss-reactive ketones (excluding diaryl/α,β-unsaturated/α-hetero) is 1. The molecule has 158 valence electrons. The van der Waals surface area contributed by atoms with E-state index in [4.69, 9.17) is 11.6 Å². The molecule has 0 saturated heterocycles. The lowest BCUT2D eigenvalue weighted by Gasteiger charge is -2.23. The van der Waals surface area contributed by atoms with Crippen molar-refractivity contribution in [2.45, 2.75) is 18.9 Å². The van der Waals surface area contributed by atoms with Crippen molar-refractivity contribution in [2.75, 3.05) is 38.1 Å². The molecule has 0 atom stereocenters. The van der Waals surface area contributed by atoms with Crippen LogP contribution < -0.4 is 15.6 Å². The first-order chi connectivity index (χ1) is 14.3. The maximum atomic E-state index is 15.1. The summed E-state index contributed by atoms with van der Waals surface area (Å²) >= 11 is 6.64. The molecule has 4 rings (SSSR count). The van der Waals surface area contributed by atoms with Gasteiger partial charge in [-0.3, -0.25) is 19.7 Å². The van der Waals surface area contributed by atoms with Crippen LogP contribution in [0.25, 0.3) is 10.9 Å². The normalized spacial score (nSPS) is 16.2. The molecule has 2 heterocycles. The van der Waals surface area contributed by atoms with E-state index < -0.39 is 28.5 Å². The Labute approximate surface area is 176 Å². The number of hydrogen-bond donors (Lipinski definition) is 1. The SMILES string of the molecule is CNCC1=CCN(c2c(F)cc3c(=O)c(C(=O)C[N+](=O)[O-])cn(C4CC4)c3c2Cl)C1. The Morgan fingerprint density at radius 3 is 2.80 bits per heavy atom. The summed E-state index contributed by atoms with van der Waals surface area (Å²) in [6.07, 6.45) is 4.99. The average molecular weight is 435 g/mol. The molecule has 0 spiro atoms. The number of nitrogens with one attached hydrogen (secondary N) is 1. The van der Waals surface area contributed by atoms with Crippen molar-refractivity contribution in [1.29, 1.82) is 0 Å². The van der Waals surface area contributed by atoms with E-state index in [1.165, 1.54) is 6.20 Å². The zero-order chi connectivity index (χ0) is 21.6. The second-order valence-electron chi connectivity index (χ2n) is 7.61. The number of pyridine rings is 1. The molecule has 1 aliphatic carbocycles. The van der Waals surface area contributed by atoms with Crippen LogP contribution in [0.2, 0.25) is 5.02 Å². The molecule has 1 aromatic carbocycles. The first kappa shape index (κ1) is 20.5. The molecule has 2 aromatic rings. The van der Waals surface area contributed by atoms with Gasteiger partial charge in [0.2, 0.25) is 11.2 Å².